The van der Waals surface area contributed by atoms with Crippen LogP contribution >= 0.6 is 11.3 Å². The van der Waals surface area contributed by atoms with Gasteiger partial charge in [0.25, 0.3) is 0 Å². The van der Waals surface area contributed by atoms with E-state index in [1.165, 1.54) is 30.7 Å². The molecule has 3 heteroatoms. The Morgan fingerprint density at radius 3 is 2.82 bits per heavy atom. The summed E-state index contributed by atoms with van der Waals surface area (Å²) in [6.45, 7) is 6.90. The molecule has 1 aromatic rings. The van der Waals surface area contributed by atoms with E-state index in [-0.39, 0.29) is 0 Å². The van der Waals surface area contributed by atoms with Gasteiger partial charge in [-0.15, -0.1) is 11.3 Å². The van der Waals surface area contributed by atoms with Crippen LogP contribution < -0.4 is 5.73 Å². The topological polar surface area (TPSA) is 29.3 Å². The molecule has 0 saturated heterocycles. The van der Waals surface area contributed by atoms with Gasteiger partial charge in [0.15, 0.2) is 0 Å². The highest BCUT2D eigenvalue weighted by atomic mass is 32.1. The highest BCUT2D eigenvalue weighted by Crippen LogP contribution is 2.26. The fraction of sp³-hybridized carbons (Fsp3) is 0.714. The van der Waals surface area contributed by atoms with Crippen LogP contribution in [0.15, 0.2) is 17.5 Å². The zero-order chi connectivity index (χ0) is 12.3. The standard InChI is InChI=1S/C14H24N2S/c1-11(2)16(10-14-4-3-7-17-14)9-12-5-6-13(15)8-12/h3-4,7,11-13H,5-6,8-10,15H2,1-2H3. The summed E-state index contributed by atoms with van der Waals surface area (Å²) >= 11 is 1.86. The molecular weight excluding hydrogens is 228 g/mol. The molecule has 0 bridgehead atoms. The number of thiophene rings is 1. The second-order valence-corrected chi connectivity index (χ2v) is 6.57. The molecule has 1 fully saturated rings. The van der Waals surface area contributed by atoms with E-state index in [0.29, 0.717) is 12.1 Å². The second-order valence-electron chi connectivity index (χ2n) is 5.54. The molecule has 2 rings (SSSR count). The van der Waals surface area contributed by atoms with Crippen molar-refractivity contribution in [2.45, 2.75) is 51.7 Å². The molecule has 2 nitrogen and oxygen atoms in total. The fourth-order valence-corrected chi connectivity index (χ4v) is 3.40. The van der Waals surface area contributed by atoms with E-state index >= 15 is 0 Å². The summed E-state index contributed by atoms with van der Waals surface area (Å²) in [5.74, 6) is 0.812. The molecule has 2 N–H and O–H groups in total. The molecule has 1 aliphatic rings. The maximum atomic E-state index is 6.00. The molecule has 0 aliphatic heterocycles. The van der Waals surface area contributed by atoms with E-state index in [4.69, 9.17) is 5.73 Å². The average Bonchev–Trinajstić information content (AvgIpc) is 2.89. The van der Waals surface area contributed by atoms with Crippen LogP contribution in [0, 0.1) is 5.92 Å². The molecule has 2 unspecified atom stereocenters. The van der Waals surface area contributed by atoms with Crippen molar-refractivity contribution in [1.82, 2.24) is 4.90 Å². The van der Waals surface area contributed by atoms with Crippen LogP contribution in [-0.4, -0.2) is 23.5 Å². The van der Waals surface area contributed by atoms with Crippen LogP contribution in [0.25, 0.3) is 0 Å². The van der Waals surface area contributed by atoms with Crippen LogP contribution in [0.4, 0.5) is 0 Å². The van der Waals surface area contributed by atoms with Gasteiger partial charge in [-0.2, -0.15) is 0 Å². The van der Waals surface area contributed by atoms with Crippen molar-refractivity contribution in [3.63, 3.8) is 0 Å². The van der Waals surface area contributed by atoms with E-state index in [9.17, 15) is 0 Å². The van der Waals surface area contributed by atoms with Crippen molar-refractivity contribution < 1.29 is 0 Å². The Balaban J connectivity index is 1.89. The average molecular weight is 252 g/mol. The summed E-state index contributed by atoms with van der Waals surface area (Å²) in [6, 6.07) is 5.45. The first-order chi connectivity index (χ1) is 8.15. The Kier molecular flexibility index (Phi) is 4.60. The highest BCUT2D eigenvalue weighted by Gasteiger charge is 2.24. The molecule has 1 aromatic heterocycles. The molecule has 1 aliphatic carbocycles. The summed E-state index contributed by atoms with van der Waals surface area (Å²) in [4.78, 5) is 4.06. The fourth-order valence-electron chi connectivity index (χ4n) is 2.67. The minimum Gasteiger partial charge on any atom is -0.328 e. The monoisotopic (exact) mass is 252 g/mol. The van der Waals surface area contributed by atoms with Crippen molar-refractivity contribution >= 4 is 11.3 Å². The number of nitrogens with two attached hydrogens (primary N) is 1. The normalized spacial score (nSPS) is 25.0. The van der Waals surface area contributed by atoms with E-state index < -0.39 is 0 Å². The zero-order valence-electron chi connectivity index (χ0n) is 10.9. The number of hydrogen-bond donors (Lipinski definition) is 1. The second kappa shape index (κ2) is 5.98. The van der Waals surface area contributed by atoms with E-state index in [0.717, 1.165) is 12.5 Å². The van der Waals surface area contributed by atoms with Gasteiger partial charge in [0, 0.05) is 30.1 Å². The Morgan fingerprint density at radius 1 is 1.47 bits per heavy atom. The lowest BCUT2D eigenvalue weighted by atomic mass is 10.1. The molecule has 1 saturated carbocycles. The van der Waals surface area contributed by atoms with E-state index in [1.807, 2.05) is 11.3 Å². The minimum atomic E-state index is 0.454. The molecular formula is C14H24N2S. The van der Waals surface area contributed by atoms with Gasteiger partial charge in [-0.3, -0.25) is 4.90 Å². The Labute approximate surface area is 109 Å². The van der Waals surface area contributed by atoms with Crippen LogP contribution in [-0.2, 0) is 6.54 Å². The smallest absolute Gasteiger partial charge is 0.0330 e. The van der Waals surface area contributed by atoms with Crippen molar-refractivity contribution in [2.75, 3.05) is 6.54 Å². The van der Waals surface area contributed by atoms with Crippen LogP contribution in [0.1, 0.15) is 38.0 Å². The van der Waals surface area contributed by atoms with Crippen molar-refractivity contribution in [1.29, 1.82) is 0 Å². The largest absolute Gasteiger partial charge is 0.328 e. The predicted octanol–water partition coefficient (Wildman–Crippen LogP) is 3.09. The van der Waals surface area contributed by atoms with Crippen LogP contribution in [0.5, 0.6) is 0 Å². The molecule has 0 amide bonds. The molecule has 0 aromatic carbocycles. The lowest BCUT2D eigenvalue weighted by Crippen LogP contribution is -2.34. The molecule has 0 radical (unpaired) electrons. The molecule has 1 heterocycles. The first kappa shape index (κ1) is 13.1. The van der Waals surface area contributed by atoms with Crippen molar-refractivity contribution in [2.24, 2.45) is 11.7 Å². The van der Waals surface area contributed by atoms with Gasteiger partial charge in [-0.1, -0.05) is 6.07 Å². The number of hydrogen-bond acceptors (Lipinski definition) is 3. The summed E-state index contributed by atoms with van der Waals surface area (Å²) in [5.41, 5.74) is 6.00. The van der Waals surface area contributed by atoms with Crippen LogP contribution in [0.2, 0.25) is 0 Å². The molecule has 96 valence electrons. The summed E-state index contributed by atoms with van der Waals surface area (Å²) in [7, 11) is 0. The molecule has 0 spiro atoms. The van der Waals surface area contributed by atoms with Gasteiger partial charge < -0.3 is 5.73 Å². The SMILES string of the molecule is CC(C)N(Cc1cccs1)CC1CCC(N)C1. The minimum absolute atomic E-state index is 0.454. The first-order valence-electron chi connectivity index (χ1n) is 6.67. The molecule has 2 atom stereocenters. The predicted molar refractivity (Wildman–Crippen MR) is 75.2 cm³/mol. The Hall–Kier alpha value is -0.380. The summed E-state index contributed by atoms with van der Waals surface area (Å²) in [5, 5.41) is 2.17. The third-order valence-electron chi connectivity index (χ3n) is 3.74. The van der Waals surface area contributed by atoms with Crippen molar-refractivity contribution in [3.05, 3.63) is 22.4 Å². The maximum Gasteiger partial charge on any atom is 0.0330 e. The third kappa shape index (κ3) is 3.80. The summed E-state index contributed by atoms with van der Waals surface area (Å²) in [6.07, 6.45) is 3.75. The van der Waals surface area contributed by atoms with Crippen LogP contribution in [0.3, 0.4) is 0 Å². The maximum absolute atomic E-state index is 6.00. The quantitative estimate of drug-likeness (QED) is 0.872. The Bertz CT molecular complexity index is 321. The van der Waals surface area contributed by atoms with E-state index in [1.54, 1.807) is 0 Å². The van der Waals surface area contributed by atoms with Gasteiger partial charge in [0.2, 0.25) is 0 Å². The van der Waals surface area contributed by atoms with E-state index in [2.05, 4.69) is 36.3 Å². The molecule has 17 heavy (non-hydrogen) atoms. The number of nitrogens with zero attached hydrogens (tertiary/aromatic N) is 1. The Morgan fingerprint density at radius 2 is 2.29 bits per heavy atom. The third-order valence-corrected chi connectivity index (χ3v) is 4.60. The van der Waals surface area contributed by atoms with Gasteiger partial charge in [0.1, 0.15) is 0 Å². The van der Waals surface area contributed by atoms with Gasteiger partial charge >= 0.3 is 0 Å². The van der Waals surface area contributed by atoms with Gasteiger partial charge in [-0.25, -0.2) is 0 Å². The number of rotatable bonds is 5. The van der Waals surface area contributed by atoms with Gasteiger partial charge in [-0.05, 0) is 50.5 Å². The first-order valence-corrected chi connectivity index (χ1v) is 7.55. The highest BCUT2D eigenvalue weighted by molar-refractivity contribution is 7.09. The van der Waals surface area contributed by atoms with Gasteiger partial charge in [0.05, 0.1) is 0 Å². The lowest BCUT2D eigenvalue weighted by Gasteiger charge is -2.28. The zero-order valence-corrected chi connectivity index (χ0v) is 11.7. The van der Waals surface area contributed by atoms with Crippen molar-refractivity contribution in [3.8, 4) is 0 Å². The lowest BCUT2D eigenvalue weighted by molar-refractivity contribution is 0.180. The summed E-state index contributed by atoms with van der Waals surface area (Å²) < 4.78 is 0.